The molecule has 90 valence electrons. The summed E-state index contributed by atoms with van der Waals surface area (Å²) in [4.78, 5) is 13.9. The Morgan fingerprint density at radius 3 is 3.17 bits per heavy atom. The smallest absolute Gasteiger partial charge is 0.144 e. The van der Waals surface area contributed by atoms with Crippen molar-refractivity contribution in [3.63, 3.8) is 0 Å². The van der Waals surface area contributed by atoms with Crippen molar-refractivity contribution >= 4 is 16.9 Å². The number of rotatable bonds is 1. The summed E-state index contributed by atoms with van der Waals surface area (Å²) in [5.74, 6) is 1.71. The van der Waals surface area contributed by atoms with Gasteiger partial charge in [-0.05, 0) is 17.8 Å². The minimum Gasteiger partial charge on any atom is -0.355 e. The first-order valence-electron chi connectivity index (χ1n) is 6.18. The number of hydrogen-bond acceptors (Lipinski definition) is 4. The number of hydrogen-bond donors (Lipinski definition) is 1. The minimum absolute atomic E-state index is 0.473. The third kappa shape index (κ3) is 1.15. The van der Waals surface area contributed by atoms with Crippen LogP contribution in [0.15, 0.2) is 12.5 Å². The van der Waals surface area contributed by atoms with E-state index in [1.54, 1.807) is 12.5 Å². The SMILES string of the molecule is CC12CC1CN(c1ncnc3[nH]cc(C#N)c13)C2. The molecular weight excluding hydrogens is 226 g/mol. The number of aromatic nitrogens is 3. The van der Waals surface area contributed by atoms with Crippen LogP contribution in [0.3, 0.4) is 0 Å². The average molecular weight is 239 g/mol. The Morgan fingerprint density at radius 2 is 2.44 bits per heavy atom. The van der Waals surface area contributed by atoms with E-state index in [1.807, 2.05) is 0 Å². The fourth-order valence-electron chi connectivity index (χ4n) is 3.18. The van der Waals surface area contributed by atoms with Crippen LogP contribution in [0.4, 0.5) is 5.82 Å². The van der Waals surface area contributed by atoms with Crippen LogP contribution < -0.4 is 4.90 Å². The zero-order valence-corrected chi connectivity index (χ0v) is 10.1. The van der Waals surface area contributed by atoms with Gasteiger partial charge in [-0.3, -0.25) is 0 Å². The highest BCUT2D eigenvalue weighted by Gasteiger charge is 2.56. The highest BCUT2D eigenvalue weighted by atomic mass is 15.2. The van der Waals surface area contributed by atoms with Gasteiger partial charge in [0.25, 0.3) is 0 Å². The molecule has 2 fully saturated rings. The molecule has 0 bridgehead atoms. The van der Waals surface area contributed by atoms with Crippen molar-refractivity contribution in [3.05, 3.63) is 18.1 Å². The Bertz CT molecular complexity index is 682. The molecule has 1 saturated carbocycles. The number of anilines is 1. The average Bonchev–Trinajstić information content (AvgIpc) is 2.77. The van der Waals surface area contributed by atoms with Gasteiger partial charge in [-0.1, -0.05) is 6.92 Å². The van der Waals surface area contributed by atoms with Gasteiger partial charge in [0.05, 0.1) is 10.9 Å². The predicted molar refractivity (Wildman–Crippen MR) is 67.0 cm³/mol. The Kier molecular flexibility index (Phi) is 1.66. The molecule has 1 saturated heterocycles. The molecule has 18 heavy (non-hydrogen) atoms. The maximum atomic E-state index is 9.16. The van der Waals surface area contributed by atoms with Crippen LogP contribution in [0.5, 0.6) is 0 Å². The van der Waals surface area contributed by atoms with Gasteiger partial charge in [-0.15, -0.1) is 0 Å². The fraction of sp³-hybridized carbons (Fsp3) is 0.462. The summed E-state index contributed by atoms with van der Waals surface area (Å²) >= 11 is 0. The number of nitriles is 1. The monoisotopic (exact) mass is 239 g/mol. The van der Waals surface area contributed by atoms with Gasteiger partial charge >= 0.3 is 0 Å². The number of piperidine rings is 1. The normalized spacial score (nSPS) is 29.3. The van der Waals surface area contributed by atoms with E-state index in [4.69, 9.17) is 5.26 Å². The van der Waals surface area contributed by atoms with E-state index in [1.165, 1.54) is 6.42 Å². The second-order valence-corrected chi connectivity index (χ2v) is 5.67. The third-order valence-corrected chi connectivity index (χ3v) is 4.40. The molecule has 2 unspecified atom stereocenters. The Labute approximate surface area is 104 Å². The second-order valence-electron chi connectivity index (χ2n) is 5.67. The molecule has 1 aliphatic heterocycles. The van der Waals surface area contributed by atoms with Crippen LogP contribution in [0, 0.1) is 22.7 Å². The molecule has 3 heterocycles. The largest absolute Gasteiger partial charge is 0.355 e. The summed E-state index contributed by atoms with van der Waals surface area (Å²) in [5, 5.41) is 10.0. The molecule has 5 nitrogen and oxygen atoms in total. The van der Waals surface area contributed by atoms with Crippen molar-refractivity contribution in [3.8, 4) is 6.07 Å². The Balaban J connectivity index is 1.85. The molecule has 1 N–H and O–H groups in total. The quantitative estimate of drug-likeness (QED) is 0.822. The Hall–Kier alpha value is -2.09. The second kappa shape index (κ2) is 3.02. The highest BCUT2D eigenvalue weighted by molar-refractivity contribution is 5.93. The van der Waals surface area contributed by atoms with Gasteiger partial charge in [-0.25, -0.2) is 9.97 Å². The lowest BCUT2D eigenvalue weighted by atomic mass is 10.1. The lowest BCUT2D eigenvalue weighted by Gasteiger charge is -2.21. The van der Waals surface area contributed by atoms with Crippen molar-refractivity contribution in [2.75, 3.05) is 18.0 Å². The van der Waals surface area contributed by atoms with E-state index < -0.39 is 0 Å². The number of nitrogens with one attached hydrogen (secondary N) is 1. The summed E-state index contributed by atoms with van der Waals surface area (Å²) < 4.78 is 0. The van der Waals surface area contributed by atoms with Gasteiger partial charge in [0.15, 0.2) is 0 Å². The van der Waals surface area contributed by atoms with E-state index in [-0.39, 0.29) is 0 Å². The van der Waals surface area contributed by atoms with Gasteiger partial charge < -0.3 is 9.88 Å². The summed E-state index contributed by atoms with van der Waals surface area (Å²) in [5.41, 5.74) is 1.86. The van der Waals surface area contributed by atoms with Crippen molar-refractivity contribution < 1.29 is 0 Å². The number of aromatic amines is 1. The predicted octanol–water partition coefficient (Wildman–Crippen LogP) is 1.68. The van der Waals surface area contributed by atoms with Crippen molar-refractivity contribution in [1.82, 2.24) is 15.0 Å². The van der Waals surface area contributed by atoms with Crippen LogP contribution in [0.2, 0.25) is 0 Å². The lowest BCUT2D eigenvalue weighted by molar-refractivity contribution is 0.596. The molecule has 1 aliphatic carbocycles. The van der Waals surface area contributed by atoms with Crippen LogP contribution in [-0.2, 0) is 0 Å². The topological polar surface area (TPSA) is 68.6 Å². The first-order valence-corrected chi connectivity index (χ1v) is 6.18. The maximum Gasteiger partial charge on any atom is 0.144 e. The number of fused-ring (bicyclic) bond motifs is 2. The standard InChI is InChI=1S/C13H13N5/c1-13-2-9(13)5-18(6-13)12-10-8(3-14)4-15-11(10)16-7-17-12/h4,7,9H,2,5-6H2,1H3,(H,15,16,17). The summed E-state index contributed by atoms with van der Waals surface area (Å²) in [6, 6.07) is 2.21. The molecule has 0 aromatic carbocycles. The highest BCUT2D eigenvalue weighted by Crippen LogP contribution is 2.58. The summed E-state index contributed by atoms with van der Waals surface area (Å²) in [6.07, 6.45) is 4.61. The van der Waals surface area contributed by atoms with Crippen LogP contribution in [0.25, 0.3) is 11.0 Å². The lowest BCUT2D eigenvalue weighted by Crippen LogP contribution is -2.25. The summed E-state index contributed by atoms with van der Waals surface area (Å²) in [6.45, 7) is 4.43. The van der Waals surface area contributed by atoms with Gasteiger partial charge in [0, 0.05) is 19.3 Å². The van der Waals surface area contributed by atoms with E-state index in [2.05, 4.69) is 32.8 Å². The molecule has 4 rings (SSSR count). The van der Waals surface area contributed by atoms with E-state index >= 15 is 0 Å². The zero-order valence-electron chi connectivity index (χ0n) is 10.1. The molecule has 2 aliphatic rings. The molecule has 2 aromatic heterocycles. The number of nitrogens with zero attached hydrogens (tertiary/aromatic N) is 4. The van der Waals surface area contributed by atoms with Gasteiger partial charge in [-0.2, -0.15) is 5.26 Å². The van der Waals surface area contributed by atoms with Crippen LogP contribution in [-0.4, -0.2) is 28.0 Å². The molecule has 0 amide bonds. The van der Waals surface area contributed by atoms with E-state index in [0.717, 1.165) is 35.9 Å². The fourth-order valence-corrected chi connectivity index (χ4v) is 3.18. The first-order chi connectivity index (χ1) is 8.71. The van der Waals surface area contributed by atoms with Crippen LogP contribution >= 0.6 is 0 Å². The van der Waals surface area contributed by atoms with Crippen LogP contribution in [0.1, 0.15) is 18.9 Å². The van der Waals surface area contributed by atoms with Gasteiger partial charge in [0.1, 0.15) is 23.9 Å². The molecular formula is C13H13N5. The maximum absolute atomic E-state index is 9.16. The summed E-state index contributed by atoms with van der Waals surface area (Å²) in [7, 11) is 0. The molecule has 2 aromatic rings. The van der Waals surface area contributed by atoms with Gasteiger partial charge in [0.2, 0.25) is 0 Å². The molecule has 5 heteroatoms. The van der Waals surface area contributed by atoms with E-state index in [0.29, 0.717) is 11.0 Å². The van der Waals surface area contributed by atoms with Crippen molar-refractivity contribution in [2.24, 2.45) is 11.3 Å². The number of H-pyrrole nitrogens is 1. The Morgan fingerprint density at radius 1 is 1.56 bits per heavy atom. The first kappa shape index (κ1) is 9.89. The van der Waals surface area contributed by atoms with E-state index in [9.17, 15) is 0 Å². The molecule has 0 radical (unpaired) electrons. The molecule has 2 atom stereocenters. The minimum atomic E-state index is 0.473. The molecule has 0 spiro atoms. The van der Waals surface area contributed by atoms with Crippen molar-refractivity contribution in [1.29, 1.82) is 5.26 Å². The van der Waals surface area contributed by atoms with Crippen molar-refractivity contribution in [2.45, 2.75) is 13.3 Å². The third-order valence-electron chi connectivity index (χ3n) is 4.40. The zero-order chi connectivity index (χ0) is 12.3.